The Hall–Kier alpha value is -2.18. The maximum atomic E-state index is 13.7. The fraction of sp³-hybridized carbons (Fsp3) is 0.548. The minimum atomic E-state index is 0.00722. The molecule has 5 nitrogen and oxygen atoms in total. The zero-order valence-electron chi connectivity index (χ0n) is 22.8. The maximum Gasteiger partial charge on any atom is 0.223 e. The number of amides is 2. The first kappa shape index (κ1) is 27.8. The van der Waals surface area contributed by atoms with Crippen LogP contribution in [0.25, 0.3) is 0 Å². The largest absolute Gasteiger partial charge is 0.343 e. The molecule has 0 N–H and O–H groups in total. The van der Waals surface area contributed by atoms with E-state index in [0.29, 0.717) is 12.3 Å². The molecule has 2 aromatic carbocycles. The lowest BCUT2D eigenvalue weighted by Gasteiger charge is -2.50. The number of hydrogen-bond donors (Lipinski definition) is 0. The molecule has 2 amide bonds. The molecular formula is C31H42BrN3O2. The van der Waals surface area contributed by atoms with Gasteiger partial charge in [0.05, 0.1) is 6.04 Å². The standard InChI is InChI=1S/C31H42BrN3O2/c1-5-31(3,4)28-22-34(30(25-9-7-6-8-10-25)26-11-13-27(32)14-12-26)19-20-35(28)29(37)21-24-15-17-33(18-16-24)23(2)36/h6-14,24,28,30H,5,15-22H2,1-4H3. The predicted octanol–water partition coefficient (Wildman–Crippen LogP) is 6.14. The van der Waals surface area contributed by atoms with Crippen molar-refractivity contribution in [2.24, 2.45) is 11.3 Å². The summed E-state index contributed by atoms with van der Waals surface area (Å²) in [5.74, 6) is 0.795. The minimum absolute atomic E-state index is 0.00722. The Labute approximate surface area is 231 Å². The van der Waals surface area contributed by atoms with Crippen LogP contribution in [0.5, 0.6) is 0 Å². The Bertz CT molecular complexity index is 1050. The molecular weight excluding hydrogens is 526 g/mol. The van der Waals surface area contributed by atoms with E-state index in [2.05, 4.69) is 101 Å². The summed E-state index contributed by atoms with van der Waals surface area (Å²) in [6.07, 6.45) is 3.46. The highest BCUT2D eigenvalue weighted by Crippen LogP contribution is 2.37. The van der Waals surface area contributed by atoms with Gasteiger partial charge in [0.1, 0.15) is 0 Å². The summed E-state index contributed by atoms with van der Waals surface area (Å²) in [6, 6.07) is 19.7. The number of piperazine rings is 1. The summed E-state index contributed by atoms with van der Waals surface area (Å²) in [7, 11) is 0. The van der Waals surface area contributed by atoms with Crippen molar-refractivity contribution in [2.45, 2.75) is 65.5 Å². The molecule has 37 heavy (non-hydrogen) atoms. The van der Waals surface area contributed by atoms with Gasteiger partial charge >= 0.3 is 0 Å². The van der Waals surface area contributed by atoms with Gasteiger partial charge < -0.3 is 9.80 Å². The molecule has 2 atom stereocenters. The normalized spacial score (nSPS) is 20.6. The SMILES string of the molecule is CCC(C)(C)C1CN(C(c2ccccc2)c2ccc(Br)cc2)CCN1C(=O)CC1CCN(C(C)=O)CC1. The lowest BCUT2D eigenvalue weighted by Crippen LogP contribution is -2.60. The van der Waals surface area contributed by atoms with Crippen LogP contribution in [0.4, 0.5) is 0 Å². The molecule has 2 unspecified atom stereocenters. The van der Waals surface area contributed by atoms with E-state index < -0.39 is 0 Å². The van der Waals surface area contributed by atoms with Gasteiger partial charge in [0.2, 0.25) is 11.8 Å². The topological polar surface area (TPSA) is 43.9 Å². The molecule has 0 aromatic heterocycles. The van der Waals surface area contributed by atoms with E-state index >= 15 is 0 Å². The molecule has 2 aliphatic rings. The van der Waals surface area contributed by atoms with E-state index in [1.807, 2.05) is 4.90 Å². The maximum absolute atomic E-state index is 13.7. The third kappa shape index (κ3) is 6.64. The van der Waals surface area contributed by atoms with Crippen LogP contribution in [0.15, 0.2) is 59.1 Å². The van der Waals surface area contributed by atoms with Crippen molar-refractivity contribution in [3.8, 4) is 0 Å². The molecule has 0 spiro atoms. The fourth-order valence-corrected chi connectivity index (χ4v) is 6.22. The molecule has 0 radical (unpaired) electrons. The quantitative estimate of drug-likeness (QED) is 0.403. The number of halogens is 1. The Morgan fingerprint density at radius 1 is 0.946 bits per heavy atom. The van der Waals surface area contributed by atoms with Gasteiger partial charge in [-0.25, -0.2) is 0 Å². The molecule has 0 saturated carbocycles. The highest BCUT2D eigenvalue weighted by atomic mass is 79.9. The molecule has 200 valence electrons. The highest BCUT2D eigenvalue weighted by molar-refractivity contribution is 9.10. The third-order valence-corrected chi connectivity index (χ3v) is 9.26. The first-order valence-corrected chi connectivity index (χ1v) is 14.6. The number of carbonyl (C=O) groups excluding carboxylic acids is 2. The zero-order valence-corrected chi connectivity index (χ0v) is 24.4. The number of likely N-dealkylation sites (tertiary alicyclic amines) is 1. The van der Waals surface area contributed by atoms with Crippen molar-refractivity contribution in [2.75, 3.05) is 32.7 Å². The van der Waals surface area contributed by atoms with Crippen LogP contribution in [-0.2, 0) is 9.59 Å². The zero-order chi connectivity index (χ0) is 26.6. The summed E-state index contributed by atoms with van der Waals surface area (Å²) in [5.41, 5.74) is 2.57. The van der Waals surface area contributed by atoms with Gasteiger partial charge in [0.15, 0.2) is 0 Å². The Morgan fingerprint density at radius 2 is 1.57 bits per heavy atom. The van der Waals surface area contributed by atoms with Gasteiger partial charge in [-0.3, -0.25) is 14.5 Å². The van der Waals surface area contributed by atoms with Crippen molar-refractivity contribution < 1.29 is 9.59 Å². The number of benzene rings is 2. The summed E-state index contributed by atoms with van der Waals surface area (Å²) >= 11 is 3.59. The molecule has 2 saturated heterocycles. The van der Waals surface area contributed by atoms with Crippen LogP contribution in [0.2, 0.25) is 0 Å². The van der Waals surface area contributed by atoms with Gasteiger partial charge in [0.25, 0.3) is 0 Å². The second-order valence-electron chi connectivity index (χ2n) is 11.5. The van der Waals surface area contributed by atoms with Crippen molar-refractivity contribution >= 4 is 27.7 Å². The van der Waals surface area contributed by atoms with Crippen LogP contribution >= 0.6 is 15.9 Å². The second kappa shape index (κ2) is 12.1. The molecule has 6 heteroatoms. The van der Waals surface area contributed by atoms with Gasteiger partial charge in [0, 0.05) is 56.6 Å². The molecule has 0 aliphatic carbocycles. The minimum Gasteiger partial charge on any atom is -0.343 e. The first-order valence-electron chi connectivity index (χ1n) is 13.8. The van der Waals surface area contributed by atoms with Gasteiger partial charge in [-0.1, -0.05) is 79.2 Å². The molecule has 0 bridgehead atoms. The molecule has 4 rings (SSSR count). The van der Waals surface area contributed by atoms with Crippen LogP contribution in [-0.4, -0.2) is 65.3 Å². The van der Waals surface area contributed by atoms with Crippen molar-refractivity contribution in [3.63, 3.8) is 0 Å². The summed E-state index contributed by atoms with van der Waals surface area (Å²) in [6.45, 7) is 12.5. The fourth-order valence-electron chi connectivity index (χ4n) is 5.95. The van der Waals surface area contributed by atoms with Gasteiger partial charge in [-0.2, -0.15) is 0 Å². The molecule has 2 fully saturated rings. The van der Waals surface area contributed by atoms with E-state index in [9.17, 15) is 9.59 Å². The molecule has 2 aromatic rings. The number of hydrogen-bond acceptors (Lipinski definition) is 3. The molecule has 2 heterocycles. The van der Waals surface area contributed by atoms with Crippen LogP contribution in [0, 0.1) is 11.3 Å². The monoisotopic (exact) mass is 567 g/mol. The van der Waals surface area contributed by atoms with Gasteiger partial charge in [-0.05, 0) is 53.9 Å². The number of nitrogens with zero attached hydrogens (tertiary/aromatic N) is 3. The Kier molecular flexibility index (Phi) is 9.12. The Balaban J connectivity index is 1.54. The van der Waals surface area contributed by atoms with Crippen molar-refractivity contribution in [1.29, 1.82) is 0 Å². The van der Waals surface area contributed by atoms with E-state index in [1.165, 1.54) is 11.1 Å². The number of carbonyl (C=O) groups is 2. The van der Waals surface area contributed by atoms with Crippen LogP contribution < -0.4 is 0 Å². The smallest absolute Gasteiger partial charge is 0.223 e. The average molecular weight is 569 g/mol. The first-order chi connectivity index (χ1) is 17.7. The average Bonchev–Trinajstić information content (AvgIpc) is 2.91. The van der Waals surface area contributed by atoms with Crippen LogP contribution in [0.1, 0.15) is 70.5 Å². The van der Waals surface area contributed by atoms with E-state index in [1.54, 1.807) is 6.92 Å². The van der Waals surface area contributed by atoms with Crippen molar-refractivity contribution in [3.05, 3.63) is 70.2 Å². The summed E-state index contributed by atoms with van der Waals surface area (Å²) in [5, 5.41) is 0. The number of rotatable bonds is 7. The predicted molar refractivity (Wildman–Crippen MR) is 153 cm³/mol. The summed E-state index contributed by atoms with van der Waals surface area (Å²) in [4.78, 5) is 32.1. The van der Waals surface area contributed by atoms with Crippen LogP contribution in [0.3, 0.4) is 0 Å². The third-order valence-electron chi connectivity index (χ3n) is 8.73. The number of piperidine rings is 1. The van der Waals surface area contributed by atoms with Crippen molar-refractivity contribution in [1.82, 2.24) is 14.7 Å². The van der Waals surface area contributed by atoms with E-state index in [0.717, 1.165) is 56.5 Å². The lowest BCUT2D eigenvalue weighted by atomic mass is 9.78. The Morgan fingerprint density at radius 3 is 2.16 bits per heavy atom. The van der Waals surface area contributed by atoms with Gasteiger partial charge in [-0.15, -0.1) is 0 Å². The molecule has 2 aliphatic heterocycles. The highest BCUT2D eigenvalue weighted by Gasteiger charge is 2.42. The second-order valence-corrected chi connectivity index (χ2v) is 12.4. The lowest BCUT2D eigenvalue weighted by molar-refractivity contribution is -0.142. The van der Waals surface area contributed by atoms with E-state index in [4.69, 9.17) is 0 Å². The van der Waals surface area contributed by atoms with E-state index in [-0.39, 0.29) is 29.3 Å². The summed E-state index contributed by atoms with van der Waals surface area (Å²) < 4.78 is 1.08.